The molecule has 0 amide bonds. The van der Waals surface area contributed by atoms with E-state index in [9.17, 15) is 0 Å². The first-order chi connectivity index (χ1) is 13.2. The molecule has 27 heavy (non-hydrogen) atoms. The highest BCUT2D eigenvalue weighted by molar-refractivity contribution is 6.30. The van der Waals surface area contributed by atoms with E-state index < -0.39 is 0 Å². The predicted octanol–water partition coefficient (Wildman–Crippen LogP) is 4.89. The fourth-order valence-electron chi connectivity index (χ4n) is 3.70. The van der Waals surface area contributed by atoms with E-state index in [4.69, 9.17) is 16.6 Å². The van der Waals surface area contributed by atoms with Gasteiger partial charge in [0.25, 0.3) is 0 Å². The molecule has 1 aromatic carbocycles. The van der Waals surface area contributed by atoms with Crippen LogP contribution >= 0.6 is 11.6 Å². The normalized spacial score (nSPS) is 14.1. The standard InChI is InChI=1S/C21H20ClN5/c1-2-14-5-6-15(22)12-17(14)20-24-10-11-26(20)13-19-25-18-4-3-9-23-21(18)27(19)16-7-8-16/h3-6,9-12,16H,2,7-8,13H2,1H3. The molecule has 0 aliphatic heterocycles. The van der Waals surface area contributed by atoms with Gasteiger partial charge in [0, 0.05) is 35.2 Å². The maximum absolute atomic E-state index is 6.27. The average molecular weight is 378 g/mol. The number of halogens is 1. The summed E-state index contributed by atoms with van der Waals surface area (Å²) in [5, 5.41) is 0.728. The van der Waals surface area contributed by atoms with Gasteiger partial charge in [-0.1, -0.05) is 24.6 Å². The van der Waals surface area contributed by atoms with Crippen molar-refractivity contribution in [2.75, 3.05) is 0 Å². The first-order valence-electron chi connectivity index (χ1n) is 9.36. The lowest BCUT2D eigenvalue weighted by Gasteiger charge is -2.13. The zero-order chi connectivity index (χ0) is 18.4. The first-order valence-corrected chi connectivity index (χ1v) is 9.74. The van der Waals surface area contributed by atoms with E-state index in [1.165, 1.54) is 18.4 Å². The van der Waals surface area contributed by atoms with Gasteiger partial charge in [-0.15, -0.1) is 0 Å². The lowest BCUT2D eigenvalue weighted by Crippen LogP contribution is -2.09. The van der Waals surface area contributed by atoms with Crippen LogP contribution in [-0.2, 0) is 13.0 Å². The van der Waals surface area contributed by atoms with Crippen molar-refractivity contribution in [3.63, 3.8) is 0 Å². The molecule has 0 spiro atoms. The van der Waals surface area contributed by atoms with E-state index in [1.807, 2.05) is 42.9 Å². The van der Waals surface area contributed by atoms with Crippen molar-refractivity contribution in [2.45, 2.75) is 38.8 Å². The molecule has 0 saturated heterocycles. The Balaban J connectivity index is 1.59. The van der Waals surface area contributed by atoms with Gasteiger partial charge in [0.05, 0.1) is 6.54 Å². The van der Waals surface area contributed by atoms with Gasteiger partial charge in [-0.25, -0.2) is 15.0 Å². The fourth-order valence-corrected chi connectivity index (χ4v) is 3.88. The minimum absolute atomic E-state index is 0.518. The number of nitrogens with zero attached hydrogens (tertiary/aromatic N) is 5. The quantitative estimate of drug-likeness (QED) is 0.497. The molecule has 4 aromatic rings. The molecule has 1 fully saturated rings. The average Bonchev–Trinajstić information content (AvgIpc) is 3.29. The molecule has 0 N–H and O–H groups in total. The molecule has 3 aromatic heterocycles. The number of benzene rings is 1. The number of fused-ring (bicyclic) bond motifs is 1. The van der Waals surface area contributed by atoms with Crippen molar-refractivity contribution in [1.29, 1.82) is 0 Å². The zero-order valence-electron chi connectivity index (χ0n) is 15.1. The number of hydrogen-bond donors (Lipinski definition) is 0. The van der Waals surface area contributed by atoms with Gasteiger partial charge in [-0.05, 0) is 49.1 Å². The zero-order valence-corrected chi connectivity index (χ0v) is 15.9. The summed E-state index contributed by atoms with van der Waals surface area (Å²) in [5.41, 5.74) is 4.26. The highest BCUT2D eigenvalue weighted by Gasteiger charge is 2.29. The molecule has 136 valence electrons. The van der Waals surface area contributed by atoms with Crippen molar-refractivity contribution >= 4 is 22.8 Å². The molecular formula is C21H20ClN5. The Hall–Kier alpha value is -2.66. The Morgan fingerprint density at radius 2 is 2.04 bits per heavy atom. The third-order valence-electron chi connectivity index (χ3n) is 5.15. The minimum Gasteiger partial charge on any atom is -0.323 e. The molecule has 1 saturated carbocycles. The Bertz CT molecular complexity index is 1120. The summed E-state index contributed by atoms with van der Waals surface area (Å²) in [6, 6.07) is 10.5. The SMILES string of the molecule is CCc1ccc(Cl)cc1-c1nccn1Cc1nc2cccnc2n1C1CC1. The first kappa shape index (κ1) is 16.5. The van der Waals surface area contributed by atoms with Crippen molar-refractivity contribution in [3.05, 3.63) is 65.3 Å². The molecule has 1 aliphatic carbocycles. The summed E-state index contributed by atoms with van der Waals surface area (Å²) in [4.78, 5) is 14.1. The molecule has 3 heterocycles. The molecule has 5 rings (SSSR count). The van der Waals surface area contributed by atoms with Gasteiger partial charge in [0.1, 0.15) is 17.2 Å². The van der Waals surface area contributed by atoms with Crippen molar-refractivity contribution in [2.24, 2.45) is 0 Å². The minimum atomic E-state index is 0.518. The summed E-state index contributed by atoms with van der Waals surface area (Å²) < 4.78 is 4.46. The second kappa shape index (κ2) is 6.50. The van der Waals surface area contributed by atoms with Gasteiger partial charge in [-0.2, -0.15) is 0 Å². The second-order valence-corrected chi connectivity index (χ2v) is 7.45. The van der Waals surface area contributed by atoms with Crippen LogP contribution in [0.4, 0.5) is 0 Å². The predicted molar refractivity (Wildman–Crippen MR) is 107 cm³/mol. The number of aromatic nitrogens is 5. The summed E-state index contributed by atoms with van der Waals surface area (Å²) in [6.45, 7) is 2.82. The van der Waals surface area contributed by atoms with Gasteiger partial charge in [0.15, 0.2) is 5.65 Å². The summed E-state index contributed by atoms with van der Waals surface area (Å²) in [5.74, 6) is 1.96. The third-order valence-corrected chi connectivity index (χ3v) is 5.39. The topological polar surface area (TPSA) is 48.5 Å². The Morgan fingerprint density at radius 3 is 2.85 bits per heavy atom. The molecule has 0 radical (unpaired) electrons. The highest BCUT2D eigenvalue weighted by Crippen LogP contribution is 2.38. The third kappa shape index (κ3) is 2.92. The van der Waals surface area contributed by atoms with Crippen LogP contribution in [-0.4, -0.2) is 24.1 Å². The van der Waals surface area contributed by atoms with Crippen LogP contribution < -0.4 is 0 Å². The van der Waals surface area contributed by atoms with Gasteiger partial charge in [-0.3, -0.25) is 0 Å². The van der Waals surface area contributed by atoms with E-state index in [-0.39, 0.29) is 0 Å². The second-order valence-electron chi connectivity index (χ2n) is 7.01. The van der Waals surface area contributed by atoms with Gasteiger partial charge < -0.3 is 9.13 Å². The Labute approximate surface area is 162 Å². The maximum atomic E-state index is 6.27. The molecular weight excluding hydrogens is 358 g/mol. The van der Waals surface area contributed by atoms with E-state index in [0.29, 0.717) is 12.6 Å². The molecule has 0 bridgehead atoms. The lowest BCUT2D eigenvalue weighted by molar-refractivity contribution is 0.652. The van der Waals surface area contributed by atoms with Crippen LogP contribution in [0.5, 0.6) is 0 Å². The fraction of sp³-hybridized carbons (Fsp3) is 0.286. The maximum Gasteiger partial charge on any atom is 0.160 e. The van der Waals surface area contributed by atoms with Crippen LogP contribution in [0.1, 0.15) is 37.2 Å². The molecule has 1 aliphatic rings. The summed E-state index contributed by atoms with van der Waals surface area (Å²) >= 11 is 6.27. The van der Waals surface area contributed by atoms with Crippen LogP contribution in [0.2, 0.25) is 5.02 Å². The summed E-state index contributed by atoms with van der Waals surface area (Å²) in [6.07, 6.45) is 9.02. The molecule has 0 atom stereocenters. The van der Waals surface area contributed by atoms with Crippen LogP contribution in [0.3, 0.4) is 0 Å². The monoisotopic (exact) mass is 377 g/mol. The number of rotatable bonds is 5. The summed E-state index contributed by atoms with van der Waals surface area (Å²) in [7, 11) is 0. The van der Waals surface area contributed by atoms with E-state index in [1.54, 1.807) is 0 Å². The van der Waals surface area contributed by atoms with Crippen LogP contribution in [0.15, 0.2) is 48.9 Å². The van der Waals surface area contributed by atoms with Crippen LogP contribution in [0.25, 0.3) is 22.6 Å². The number of pyridine rings is 1. The van der Waals surface area contributed by atoms with Crippen molar-refractivity contribution in [1.82, 2.24) is 24.1 Å². The van der Waals surface area contributed by atoms with Crippen molar-refractivity contribution < 1.29 is 0 Å². The molecule has 0 unspecified atom stereocenters. The van der Waals surface area contributed by atoms with E-state index in [0.717, 1.165) is 39.8 Å². The van der Waals surface area contributed by atoms with Crippen molar-refractivity contribution in [3.8, 4) is 11.4 Å². The van der Waals surface area contributed by atoms with Gasteiger partial charge >= 0.3 is 0 Å². The number of imidazole rings is 2. The van der Waals surface area contributed by atoms with E-state index >= 15 is 0 Å². The molecule has 5 nitrogen and oxygen atoms in total. The van der Waals surface area contributed by atoms with Crippen LogP contribution in [0, 0.1) is 0 Å². The lowest BCUT2D eigenvalue weighted by atomic mass is 10.0. The Morgan fingerprint density at radius 1 is 1.15 bits per heavy atom. The highest BCUT2D eigenvalue weighted by atomic mass is 35.5. The smallest absolute Gasteiger partial charge is 0.160 e. The number of hydrogen-bond acceptors (Lipinski definition) is 3. The largest absolute Gasteiger partial charge is 0.323 e. The van der Waals surface area contributed by atoms with E-state index in [2.05, 4.69) is 32.1 Å². The Kier molecular flexibility index (Phi) is 3.97. The number of aryl methyl sites for hydroxylation is 1. The molecule has 6 heteroatoms. The van der Waals surface area contributed by atoms with Gasteiger partial charge in [0.2, 0.25) is 0 Å².